The van der Waals surface area contributed by atoms with Crippen molar-refractivity contribution in [1.29, 1.82) is 0 Å². The Labute approximate surface area is 133 Å². The number of aromatic nitrogens is 1. The van der Waals surface area contributed by atoms with Gasteiger partial charge in [-0.1, -0.05) is 19.1 Å². The lowest BCUT2D eigenvalue weighted by Crippen LogP contribution is -2.25. The first-order valence-electron chi connectivity index (χ1n) is 7.20. The Morgan fingerprint density at radius 3 is 2.71 bits per heavy atom. The van der Waals surface area contributed by atoms with Gasteiger partial charge in [0.15, 0.2) is 0 Å². The Hall–Kier alpha value is -1.26. The van der Waals surface area contributed by atoms with Crippen LogP contribution in [0, 0.1) is 12.7 Å². The molecule has 0 bridgehead atoms. The number of hydrogen-bond donors (Lipinski definition) is 1. The number of nitrogens with zero attached hydrogens (tertiary/aromatic N) is 1. The van der Waals surface area contributed by atoms with Gasteiger partial charge < -0.3 is 5.32 Å². The summed E-state index contributed by atoms with van der Waals surface area (Å²) in [5.41, 5.74) is 2.60. The Bertz CT molecular complexity index is 584. The van der Waals surface area contributed by atoms with Crippen LogP contribution in [0.15, 0.2) is 41.0 Å². The van der Waals surface area contributed by atoms with E-state index in [0.29, 0.717) is 12.0 Å². The van der Waals surface area contributed by atoms with Gasteiger partial charge in [0.1, 0.15) is 5.82 Å². The molecular formula is C17H20BrFN2. The summed E-state index contributed by atoms with van der Waals surface area (Å²) in [4.78, 5) is 4.39. The molecule has 112 valence electrons. The third-order valence-corrected chi connectivity index (χ3v) is 3.84. The maximum Gasteiger partial charge on any atom is 0.128 e. The zero-order valence-corrected chi connectivity index (χ0v) is 14.0. The van der Waals surface area contributed by atoms with Crippen molar-refractivity contribution in [2.45, 2.75) is 32.7 Å². The maximum atomic E-state index is 14.2. The van der Waals surface area contributed by atoms with Gasteiger partial charge in [0.05, 0.1) is 0 Å². The van der Waals surface area contributed by atoms with Crippen LogP contribution in [0.4, 0.5) is 4.39 Å². The second-order valence-corrected chi connectivity index (χ2v) is 6.12. The molecule has 2 nitrogen and oxygen atoms in total. The highest BCUT2D eigenvalue weighted by atomic mass is 79.9. The summed E-state index contributed by atoms with van der Waals surface area (Å²) in [6.45, 7) is 4.86. The van der Waals surface area contributed by atoms with E-state index in [1.807, 2.05) is 31.2 Å². The van der Waals surface area contributed by atoms with Crippen LogP contribution in [0.5, 0.6) is 0 Å². The van der Waals surface area contributed by atoms with E-state index in [2.05, 4.69) is 33.2 Å². The topological polar surface area (TPSA) is 24.9 Å². The van der Waals surface area contributed by atoms with E-state index in [1.165, 1.54) is 0 Å². The predicted molar refractivity (Wildman–Crippen MR) is 87.8 cm³/mol. The second kappa shape index (κ2) is 7.66. The van der Waals surface area contributed by atoms with Crippen molar-refractivity contribution in [3.05, 3.63) is 63.6 Å². The van der Waals surface area contributed by atoms with Crippen LogP contribution in [0.1, 0.15) is 36.2 Å². The molecule has 1 atom stereocenters. The van der Waals surface area contributed by atoms with E-state index in [1.54, 1.807) is 12.3 Å². The van der Waals surface area contributed by atoms with E-state index >= 15 is 0 Å². The quantitative estimate of drug-likeness (QED) is 0.824. The molecule has 2 aromatic rings. The lowest BCUT2D eigenvalue weighted by atomic mass is 9.99. The van der Waals surface area contributed by atoms with Crippen molar-refractivity contribution in [3.8, 4) is 0 Å². The average molecular weight is 351 g/mol. The number of benzene rings is 1. The average Bonchev–Trinajstić information content (AvgIpc) is 2.46. The molecule has 21 heavy (non-hydrogen) atoms. The van der Waals surface area contributed by atoms with Gasteiger partial charge in [0.2, 0.25) is 0 Å². The lowest BCUT2D eigenvalue weighted by molar-refractivity contribution is 0.493. The molecule has 0 aliphatic heterocycles. The van der Waals surface area contributed by atoms with E-state index in [0.717, 1.165) is 28.7 Å². The molecule has 1 N–H and O–H groups in total. The molecule has 0 saturated heterocycles. The molecule has 1 heterocycles. The summed E-state index contributed by atoms with van der Waals surface area (Å²) >= 11 is 3.38. The first-order valence-corrected chi connectivity index (χ1v) is 7.99. The lowest BCUT2D eigenvalue weighted by Gasteiger charge is -2.19. The molecule has 1 aromatic carbocycles. The molecule has 0 fully saturated rings. The van der Waals surface area contributed by atoms with Crippen LogP contribution in [0.2, 0.25) is 0 Å². The van der Waals surface area contributed by atoms with Gasteiger partial charge in [-0.25, -0.2) is 4.39 Å². The van der Waals surface area contributed by atoms with Crippen LogP contribution in [0.25, 0.3) is 0 Å². The van der Waals surface area contributed by atoms with Crippen LogP contribution < -0.4 is 5.32 Å². The fourth-order valence-corrected chi connectivity index (χ4v) is 2.50. The third-order valence-electron chi connectivity index (χ3n) is 3.37. The number of rotatable bonds is 6. The van der Waals surface area contributed by atoms with Gasteiger partial charge in [-0.05, 0) is 59.6 Å². The van der Waals surface area contributed by atoms with Crippen molar-refractivity contribution in [2.75, 3.05) is 6.54 Å². The summed E-state index contributed by atoms with van der Waals surface area (Å²) in [6, 6.07) is 9.29. The Morgan fingerprint density at radius 2 is 2.10 bits per heavy atom. The first-order chi connectivity index (χ1) is 10.1. The van der Waals surface area contributed by atoms with Crippen LogP contribution >= 0.6 is 15.9 Å². The van der Waals surface area contributed by atoms with E-state index in [9.17, 15) is 4.39 Å². The smallest absolute Gasteiger partial charge is 0.128 e. The molecule has 0 aliphatic rings. The second-order valence-electron chi connectivity index (χ2n) is 5.20. The zero-order valence-electron chi connectivity index (χ0n) is 12.4. The molecule has 2 rings (SSSR count). The Balaban J connectivity index is 2.22. The summed E-state index contributed by atoms with van der Waals surface area (Å²) in [5.74, 6) is -0.152. The summed E-state index contributed by atoms with van der Waals surface area (Å²) in [6.07, 6.45) is 3.46. The molecule has 0 aliphatic carbocycles. The summed E-state index contributed by atoms with van der Waals surface area (Å²) in [5, 5.41) is 3.42. The largest absolute Gasteiger partial charge is 0.310 e. The SMILES string of the molecule is CCCNC(Cc1ccc(Br)cn1)c1ccc(C)cc1F. The van der Waals surface area contributed by atoms with Gasteiger partial charge in [-0.3, -0.25) is 4.98 Å². The number of pyridine rings is 1. The Morgan fingerprint density at radius 1 is 1.29 bits per heavy atom. The number of aryl methyl sites for hydroxylation is 1. The van der Waals surface area contributed by atoms with Gasteiger partial charge >= 0.3 is 0 Å². The minimum absolute atomic E-state index is 0.0563. The molecule has 0 radical (unpaired) electrons. The summed E-state index contributed by atoms with van der Waals surface area (Å²) < 4.78 is 15.2. The zero-order chi connectivity index (χ0) is 15.2. The number of nitrogens with one attached hydrogen (secondary N) is 1. The third kappa shape index (κ3) is 4.61. The van der Waals surface area contributed by atoms with Crippen molar-refractivity contribution >= 4 is 15.9 Å². The molecule has 1 aromatic heterocycles. The van der Waals surface area contributed by atoms with Crippen molar-refractivity contribution in [3.63, 3.8) is 0 Å². The molecular weight excluding hydrogens is 331 g/mol. The molecule has 4 heteroatoms. The minimum atomic E-state index is -0.152. The number of halogens is 2. The van der Waals surface area contributed by atoms with Crippen LogP contribution in [0.3, 0.4) is 0 Å². The highest BCUT2D eigenvalue weighted by Gasteiger charge is 2.16. The normalized spacial score (nSPS) is 12.4. The minimum Gasteiger partial charge on any atom is -0.310 e. The van der Waals surface area contributed by atoms with Crippen molar-refractivity contribution < 1.29 is 4.39 Å². The fourth-order valence-electron chi connectivity index (χ4n) is 2.26. The molecule has 0 saturated carbocycles. The number of hydrogen-bond acceptors (Lipinski definition) is 2. The molecule has 1 unspecified atom stereocenters. The highest BCUT2D eigenvalue weighted by Crippen LogP contribution is 2.22. The van der Waals surface area contributed by atoms with E-state index in [4.69, 9.17) is 0 Å². The summed E-state index contributed by atoms with van der Waals surface area (Å²) in [7, 11) is 0. The molecule has 0 spiro atoms. The van der Waals surface area contributed by atoms with Crippen LogP contribution in [-0.2, 0) is 6.42 Å². The van der Waals surface area contributed by atoms with Gasteiger partial charge in [0.25, 0.3) is 0 Å². The van der Waals surface area contributed by atoms with Gasteiger partial charge in [0, 0.05) is 34.4 Å². The fraction of sp³-hybridized carbons (Fsp3) is 0.353. The monoisotopic (exact) mass is 350 g/mol. The standard InChI is InChI=1S/C17H20BrFN2/c1-3-8-20-17(10-14-6-5-13(18)11-21-14)15-7-4-12(2)9-16(15)19/h4-7,9,11,17,20H,3,8,10H2,1-2H3. The van der Waals surface area contributed by atoms with Crippen molar-refractivity contribution in [2.24, 2.45) is 0 Å². The van der Waals surface area contributed by atoms with E-state index in [-0.39, 0.29) is 11.9 Å². The van der Waals surface area contributed by atoms with Gasteiger partial charge in [-0.15, -0.1) is 0 Å². The van der Waals surface area contributed by atoms with Gasteiger partial charge in [-0.2, -0.15) is 0 Å². The van der Waals surface area contributed by atoms with E-state index < -0.39 is 0 Å². The maximum absolute atomic E-state index is 14.2. The van der Waals surface area contributed by atoms with Crippen molar-refractivity contribution in [1.82, 2.24) is 10.3 Å². The van der Waals surface area contributed by atoms with Crippen LogP contribution in [-0.4, -0.2) is 11.5 Å². The molecule has 0 amide bonds. The Kier molecular flexibility index (Phi) is 5.88. The first kappa shape index (κ1) is 16.1. The highest BCUT2D eigenvalue weighted by molar-refractivity contribution is 9.10. The predicted octanol–water partition coefficient (Wildman–Crippen LogP) is 4.58.